The molecule has 0 radical (unpaired) electrons. The van der Waals surface area contributed by atoms with E-state index in [1.54, 1.807) is 14.2 Å². The van der Waals surface area contributed by atoms with Crippen molar-refractivity contribution in [3.05, 3.63) is 23.8 Å². The molecular weight excluding hydrogens is 298 g/mol. The Morgan fingerprint density at radius 1 is 1.13 bits per heavy atom. The van der Waals surface area contributed by atoms with Crippen LogP contribution in [0.2, 0.25) is 0 Å². The van der Waals surface area contributed by atoms with Crippen molar-refractivity contribution in [2.24, 2.45) is 4.99 Å². The van der Waals surface area contributed by atoms with Crippen molar-refractivity contribution in [1.29, 1.82) is 0 Å². The molecular formula is C16H25N3O4. The van der Waals surface area contributed by atoms with Crippen LogP contribution in [0.5, 0.6) is 11.5 Å². The molecule has 7 heteroatoms. The first-order chi connectivity index (χ1) is 11.1. The summed E-state index contributed by atoms with van der Waals surface area (Å²) in [5, 5.41) is 6.22. The maximum absolute atomic E-state index is 11.1. The number of benzene rings is 1. The van der Waals surface area contributed by atoms with E-state index < -0.39 is 0 Å². The Bertz CT molecular complexity index is 532. The molecule has 23 heavy (non-hydrogen) atoms. The van der Waals surface area contributed by atoms with Gasteiger partial charge in [-0.2, -0.15) is 0 Å². The number of aliphatic imine (C=N–C) groups is 1. The highest BCUT2D eigenvalue weighted by Crippen LogP contribution is 2.27. The summed E-state index contributed by atoms with van der Waals surface area (Å²) >= 11 is 0. The Morgan fingerprint density at radius 3 is 2.48 bits per heavy atom. The second-order valence-electron chi connectivity index (χ2n) is 4.64. The van der Waals surface area contributed by atoms with Gasteiger partial charge in [0.15, 0.2) is 17.5 Å². The SMILES string of the molecule is CCNC(=NCc1ccc(OC)c(OC)c1)NCCC(=O)OC. The zero-order valence-electron chi connectivity index (χ0n) is 14.1. The monoisotopic (exact) mass is 323 g/mol. The van der Waals surface area contributed by atoms with E-state index in [2.05, 4.69) is 20.4 Å². The quantitative estimate of drug-likeness (QED) is 0.427. The van der Waals surface area contributed by atoms with Gasteiger partial charge >= 0.3 is 5.97 Å². The summed E-state index contributed by atoms with van der Waals surface area (Å²) in [5.74, 6) is 1.74. The molecule has 0 amide bonds. The normalized spacial score (nSPS) is 10.9. The molecule has 0 heterocycles. The lowest BCUT2D eigenvalue weighted by Crippen LogP contribution is -2.38. The van der Waals surface area contributed by atoms with Crippen LogP contribution in [0.25, 0.3) is 0 Å². The molecule has 128 valence electrons. The third kappa shape index (κ3) is 6.46. The number of nitrogens with one attached hydrogen (secondary N) is 2. The van der Waals surface area contributed by atoms with Crippen molar-refractivity contribution in [3.63, 3.8) is 0 Å². The van der Waals surface area contributed by atoms with Gasteiger partial charge in [0.05, 0.1) is 34.3 Å². The molecule has 2 N–H and O–H groups in total. The first kappa shape index (κ1) is 18.6. The van der Waals surface area contributed by atoms with Crippen LogP contribution in [-0.4, -0.2) is 46.3 Å². The number of ether oxygens (including phenoxy) is 3. The van der Waals surface area contributed by atoms with Crippen LogP contribution < -0.4 is 20.1 Å². The fraction of sp³-hybridized carbons (Fsp3) is 0.500. The van der Waals surface area contributed by atoms with Gasteiger partial charge in [-0.05, 0) is 24.6 Å². The first-order valence-electron chi connectivity index (χ1n) is 7.44. The Hall–Kier alpha value is -2.44. The van der Waals surface area contributed by atoms with E-state index >= 15 is 0 Å². The topological polar surface area (TPSA) is 81.2 Å². The molecule has 0 spiro atoms. The molecule has 0 aromatic heterocycles. The van der Waals surface area contributed by atoms with Gasteiger partial charge in [0.1, 0.15) is 0 Å². The lowest BCUT2D eigenvalue weighted by molar-refractivity contribution is -0.140. The molecule has 1 rings (SSSR count). The second kappa shape index (κ2) is 10.3. The summed E-state index contributed by atoms with van der Waals surface area (Å²) in [7, 11) is 4.58. The number of carbonyl (C=O) groups is 1. The third-order valence-corrected chi connectivity index (χ3v) is 3.06. The molecule has 1 aromatic carbocycles. The number of esters is 1. The minimum Gasteiger partial charge on any atom is -0.493 e. The average molecular weight is 323 g/mol. The van der Waals surface area contributed by atoms with Crippen molar-refractivity contribution < 1.29 is 19.0 Å². The lowest BCUT2D eigenvalue weighted by atomic mass is 10.2. The fourth-order valence-electron chi connectivity index (χ4n) is 1.88. The summed E-state index contributed by atoms with van der Waals surface area (Å²) in [4.78, 5) is 15.6. The van der Waals surface area contributed by atoms with Gasteiger partial charge in [-0.15, -0.1) is 0 Å². The number of hydrogen-bond donors (Lipinski definition) is 2. The summed E-state index contributed by atoms with van der Waals surface area (Å²) < 4.78 is 15.1. The smallest absolute Gasteiger partial charge is 0.307 e. The fourth-order valence-corrected chi connectivity index (χ4v) is 1.88. The maximum Gasteiger partial charge on any atom is 0.307 e. The number of carbonyl (C=O) groups excluding carboxylic acids is 1. The van der Waals surface area contributed by atoms with E-state index in [1.807, 2.05) is 25.1 Å². The molecule has 0 fully saturated rings. The Kier molecular flexibility index (Phi) is 8.34. The minimum atomic E-state index is -0.256. The van der Waals surface area contributed by atoms with Gasteiger partial charge < -0.3 is 24.8 Å². The lowest BCUT2D eigenvalue weighted by Gasteiger charge is -2.11. The van der Waals surface area contributed by atoms with Gasteiger partial charge in [-0.1, -0.05) is 6.07 Å². The van der Waals surface area contributed by atoms with Gasteiger partial charge in [0.25, 0.3) is 0 Å². The van der Waals surface area contributed by atoms with Gasteiger partial charge in [0.2, 0.25) is 0 Å². The molecule has 0 saturated heterocycles. The van der Waals surface area contributed by atoms with E-state index in [0.717, 1.165) is 12.1 Å². The van der Waals surface area contributed by atoms with Crippen LogP contribution in [0.3, 0.4) is 0 Å². The molecule has 0 aliphatic rings. The van der Waals surface area contributed by atoms with E-state index in [4.69, 9.17) is 9.47 Å². The van der Waals surface area contributed by atoms with Crippen LogP contribution >= 0.6 is 0 Å². The van der Waals surface area contributed by atoms with Crippen LogP contribution in [0.4, 0.5) is 0 Å². The Balaban J connectivity index is 2.67. The van der Waals surface area contributed by atoms with E-state index in [1.165, 1.54) is 7.11 Å². The van der Waals surface area contributed by atoms with E-state index in [-0.39, 0.29) is 12.4 Å². The summed E-state index contributed by atoms with van der Waals surface area (Å²) in [5.41, 5.74) is 0.993. The van der Waals surface area contributed by atoms with E-state index in [0.29, 0.717) is 30.5 Å². The third-order valence-electron chi connectivity index (χ3n) is 3.06. The van der Waals surface area contributed by atoms with E-state index in [9.17, 15) is 4.79 Å². The predicted molar refractivity (Wildman–Crippen MR) is 89.0 cm³/mol. The number of rotatable bonds is 8. The van der Waals surface area contributed by atoms with Crippen molar-refractivity contribution >= 4 is 11.9 Å². The van der Waals surface area contributed by atoms with Crippen molar-refractivity contribution in [3.8, 4) is 11.5 Å². The van der Waals surface area contributed by atoms with Crippen molar-refractivity contribution in [1.82, 2.24) is 10.6 Å². The number of guanidine groups is 1. The average Bonchev–Trinajstić information content (AvgIpc) is 2.58. The van der Waals surface area contributed by atoms with Crippen LogP contribution in [0, 0.1) is 0 Å². The summed E-state index contributed by atoms with van der Waals surface area (Å²) in [6, 6.07) is 5.67. The maximum atomic E-state index is 11.1. The highest BCUT2D eigenvalue weighted by Gasteiger charge is 2.05. The van der Waals surface area contributed by atoms with Crippen LogP contribution in [0.1, 0.15) is 18.9 Å². The highest BCUT2D eigenvalue weighted by molar-refractivity contribution is 5.80. The highest BCUT2D eigenvalue weighted by atomic mass is 16.5. The summed E-state index contributed by atoms with van der Waals surface area (Å²) in [6.45, 7) is 3.66. The standard InChI is InChI=1S/C16H25N3O4/c1-5-17-16(18-9-8-15(20)23-4)19-11-12-6-7-13(21-2)14(10-12)22-3/h6-7,10H,5,8-9,11H2,1-4H3,(H2,17,18,19). The second-order valence-corrected chi connectivity index (χ2v) is 4.64. The zero-order chi connectivity index (χ0) is 17.1. The zero-order valence-corrected chi connectivity index (χ0v) is 14.1. The van der Waals surface area contributed by atoms with Gasteiger partial charge in [0, 0.05) is 13.1 Å². The van der Waals surface area contributed by atoms with Gasteiger partial charge in [-0.3, -0.25) is 4.79 Å². The number of nitrogens with zero attached hydrogens (tertiary/aromatic N) is 1. The summed E-state index contributed by atoms with van der Waals surface area (Å²) in [6.07, 6.45) is 0.289. The largest absolute Gasteiger partial charge is 0.493 e. The molecule has 1 aromatic rings. The molecule has 0 aliphatic carbocycles. The first-order valence-corrected chi connectivity index (χ1v) is 7.44. The Morgan fingerprint density at radius 2 is 1.87 bits per heavy atom. The predicted octanol–water partition coefficient (Wildman–Crippen LogP) is 1.32. The minimum absolute atomic E-state index is 0.256. The number of methoxy groups -OCH3 is 3. The molecule has 0 saturated carbocycles. The Labute approximate surface area is 137 Å². The number of hydrogen-bond acceptors (Lipinski definition) is 5. The molecule has 0 atom stereocenters. The van der Waals surface area contributed by atoms with Crippen molar-refractivity contribution in [2.45, 2.75) is 19.9 Å². The van der Waals surface area contributed by atoms with Gasteiger partial charge in [-0.25, -0.2) is 4.99 Å². The molecule has 0 bridgehead atoms. The molecule has 0 unspecified atom stereocenters. The molecule has 0 aliphatic heterocycles. The van der Waals surface area contributed by atoms with Crippen LogP contribution in [-0.2, 0) is 16.1 Å². The van der Waals surface area contributed by atoms with Crippen LogP contribution in [0.15, 0.2) is 23.2 Å². The molecule has 7 nitrogen and oxygen atoms in total. The van der Waals surface area contributed by atoms with Crippen molar-refractivity contribution in [2.75, 3.05) is 34.4 Å².